The van der Waals surface area contributed by atoms with E-state index in [-0.39, 0.29) is 33.8 Å². The molecule has 0 aliphatic heterocycles. The number of primary amides is 1. The smallest absolute Gasteiger partial charge is 0.405 e. The number of unbranched alkanes of at least 4 members (excludes halogenated alkanes) is 12. The lowest BCUT2D eigenvalue weighted by atomic mass is 10.0. The molecule has 3 amide bonds. The zero-order valence-electron chi connectivity index (χ0n) is 25.0. The quantitative estimate of drug-likeness (QED) is 0.0423. The summed E-state index contributed by atoms with van der Waals surface area (Å²) < 4.78 is 9.74. The number of carbonyl (C=O) groups excluding carboxylic acids is 3. The first kappa shape index (κ1) is 39.6. The summed E-state index contributed by atoms with van der Waals surface area (Å²) in [6.07, 6.45) is 17.3. The van der Waals surface area contributed by atoms with Crippen LogP contribution in [0.5, 0.6) is 0 Å². The first-order valence-electron chi connectivity index (χ1n) is 14.3. The Morgan fingerprint density at radius 3 is 1.77 bits per heavy atom. The molecule has 0 aromatic carbocycles. The number of amides is 3. The summed E-state index contributed by atoms with van der Waals surface area (Å²) in [6.45, 7) is 7.75. The SMILES string of the molecule is CC(C)(C)OC(N)=O.CCCCCCCCCCCCCCCC(=O)NCPONCNC(=O)CNONC. The van der Waals surface area contributed by atoms with E-state index >= 15 is 0 Å². The van der Waals surface area contributed by atoms with Gasteiger partial charge in [0.2, 0.25) is 11.8 Å². The molecule has 1 unspecified atom stereocenters. The van der Waals surface area contributed by atoms with Gasteiger partial charge in [0, 0.05) is 13.5 Å². The third-order valence-corrected chi connectivity index (χ3v) is 5.79. The Bertz CT molecular complexity index is 596. The molecule has 0 bridgehead atoms. The molecule has 39 heavy (non-hydrogen) atoms. The lowest BCUT2D eigenvalue weighted by Crippen LogP contribution is -2.39. The van der Waals surface area contributed by atoms with Gasteiger partial charge in [-0.2, -0.15) is 16.4 Å². The van der Waals surface area contributed by atoms with Crippen molar-refractivity contribution in [1.29, 1.82) is 0 Å². The van der Waals surface area contributed by atoms with E-state index in [4.69, 9.17) is 10.4 Å². The Morgan fingerprint density at radius 2 is 1.31 bits per heavy atom. The molecular weight excluding hydrogens is 523 g/mol. The van der Waals surface area contributed by atoms with E-state index in [0.717, 1.165) is 12.8 Å². The van der Waals surface area contributed by atoms with Crippen LogP contribution in [0, 0.1) is 0 Å². The van der Waals surface area contributed by atoms with Gasteiger partial charge < -0.3 is 21.1 Å². The number of carbonyl (C=O) groups is 3. The molecule has 232 valence electrons. The average molecular weight is 581 g/mol. The summed E-state index contributed by atoms with van der Waals surface area (Å²) in [7, 11) is 1.67. The Hall–Kier alpha value is -1.56. The van der Waals surface area contributed by atoms with Crippen LogP contribution in [0.2, 0.25) is 0 Å². The van der Waals surface area contributed by atoms with Crippen LogP contribution in [0.15, 0.2) is 0 Å². The maximum absolute atomic E-state index is 11.8. The van der Waals surface area contributed by atoms with E-state index in [1.807, 2.05) is 0 Å². The molecule has 0 aliphatic rings. The van der Waals surface area contributed by atoms with Crippen LogP contribution in [-0.4, -0.2) is 50.1 Å². The molecule has 0 radical (unpaired) electrons. The van der Waals surface area contributed by atoms with Crippen molar-refractivity contribution in [3.8, 4) is 0 Å². The predicted molar refractivity (Wildman–Crippen MR) is 157 cm³/mol. The van der Waals surface area contributed by atoms with Gasteiger partial charge in [0.05, 0.1) is 21.8 Å². The van der Waals surface area contributed by atoms with Gasteiger partial charge in [0.25, 0.3) is 0 Å². The van der Waals surface area contributed by atoms with E-state index in [0.29, 0.717) is 12.7 Å². The van der Waals surface area contributed by atoms with Crippen molar-refractivity contribution in [1.82, 2.24) is 27.1 Å². The Balaban J connectivity index is 0. The number of hydrogen-bond acceptors (Lipinski definition) is 9. The lowest BCUT2D eigenvalue weighted by Gasteiger charge is -2.16. The molecular formula is C26H57N6O6P. The number of ether oxygens (including phenoxy) is 1. The summed E-state index contributed by atoms with van der Waals surface area (Å²) in [4.78, 5) is 37.7. The van der Waals surface area contributed by atoms with Gasteiger partial charge in [0.1, 0.15) is 12.1 Å². The molecule has 7 N–H and O–H groups in total. The van der Waals surface area contributed by atoms with Crippen molar-refractivity contribution in [3.05, 3.63) is 0 Å². The molecule has 1 atom stereocenters. The molecule has 0 rings (SSSR count). The second-order valence-electron chi connectivity index (χ2n) is 10.1. The molecule has 0 aliphatic carbocycles. The fourth-order valence-electron chi connectivity index (χ4n) is 3.32. The van der Waals surface area contributed by atoms with Gasteiger partial charge in [-0.3, -0.25) is 14.2 Å². The van der Waals surface area contributed by atoms with Gasteiger partial charge >= 0.3 is 6.09 Å². The molecule has 12 nitrogen and oxygen atoms in total. The summed E-state index contributed by atoms with van der Waals surface area (Å²) in [5.74, 6) is -0.163. The largest absolute Gasteiger partial charge is 0.444 e. The van der Waals surface area contributed by atoms with Gasteiger partial charge in [0.15, 0.2) is 0 Å². The van der Waals surface area contributed by atoms with Gasteiger partial charge in [-0.15, -0.1) is 0 Å². The topological polar surface area (TPSA) is 165 Å². The van der Waals surface area contributed by atoms with Crippen molar-refractivity contribution in [2.75, 3.05) is 26.5 Å². The van der Waals surface area contributed by atoms with Crippen molar-refractivity contribution in [2.45, 2.75) is 123 Å². The van der Waals surface area contributed by atoms with E-state index in [2.05, 4.69) is 43.7 Å². The average Bonchev–Trinajstić information content (AvgIpc) is 2.85. The zero-order valence-corrected chi connectivity index (χ0v) is 26.0. The normalized spacial score (nSPS) is 11.2. The number of nitrogens with one attached hydrogen (secondary N) is 5. The zero-order chi connectivity index (χ0) is 29.6. The Morgan fingerprint density at radius 1 is 0.769 bits per heavy atom. The third kappa shape index (κ3) is 38.7. The molecule has 0 aromatic heterocycles. The van der Waals surface area contributed by atoms with Crippen molar-refractivity contribution < 1.29 is 28.7 Å². The minimum absolute atomic E-state index is 0.0278. The van der Waals surface area contributed by atoms with Crippen molar-refractivity contribution in [3.63, 3.8) is 0 Å². The summed E-state index contributed by atoms with van der Waals surface area (Å²) >= 11 is 0. The summed E-state index contributed by atoms with van der Waals surface area (Å²) in [6, 6.07) is 0. The fourth-order valence-corrected chi connectivity index (χ4v) is 3.84. The van der Waals surface area contributed by atoms with Gasteiger partial charge in [-0.05, 0) is 27.2 Å². The second-order valence-corrected chi connectivity index (χ2v) is 10.9. The monoisotopic (exact) mass is 580 g/mol. The number of rotatable bonds is 24. The number of nitrogens with two attached hydrogens (primary N) is 1. The highest BCUT2D eigenvalue weighted by molar-refractivity contribution is 7.32. The van der Waals surface area contributed by atoms with Crippen LogP contribution in [0.1, 0.15) is 118 Å². The van der Waals surface area contributed by atoms with Crippen molar-refractivity contribution >= 4 is 26.7 Å². The molecule has 0 spiro atoms. The third-order valence-electron chi connectivity index (χ3n) is 5.18. The van der Waals surface area contributed by atoms with Crippen LogP contribution in [0.25, 0.3) is 0 Å². The van der Waals surface area contributed by atoms with Crippen molar-refractivity contribution in [2.24, 2.45) is 5.73 Å². The summed E-state index contributed by atoms with van der Waals surface area (Å²) in [5, 5.41) is 5.43. The van der Waals surface area contributed by atoms with E-state index in [1.165, 1.54) is 70.6 Å². The number of hydroxylamine groups is 3. The highest BCUT2D eigenvalue weighted by Gasteiger charge is 2.12. The lowest BCUT2D eigenvalue weighted by molar-refractivity contribution is -0.125. The standard InChI is InChI=1S/C21H46N5O4P.C5H11NO2/c1-3-4-5-6-7-8-9-10-11-12-13-14-15-16-20(27)24-19-31-30-26-18-23-21(28)17-25-29-22-2;1-5(2,3)8-4(6)7/h22,25-26,31H,3-19H2,1-2H3,(H,23,28)(H,24,27);1-3H3,(H2,6,7). The minimum atomic E-state index is -0.725. The van der Waals surface area contributed by atoms with Crippen LogP contribution < -0.4 is 32.8 Å². The molecule has 0 fully saturated rings. The van der Waals surface area contributed by atoms with E-state index < -0.39 is 11.7 Å². The molecule has 0 aromatic rings. The fraction of sp³-hybridized carbons (Fsp3) is 0.885. The Labute approximate surface area is 238 Å². The molecule has 0 heterocycles. The van der Waals surface area contributed by atoms with Crippen LogP contribution in [0.4, 0.5) is 4.79 Å². The highest BCUT2D eigenvalue weighted by atomic mass is 31.1. The molecule has 0 saturated heterocycles. The number of hydrogen-bond donors (Lipinski definition) is 6. The van der Waals surface area contributed by atoms with Gasteiger partial charge in [-0.25, -0.2) is 9.73 Å². The van der Waals surface area contributed by atoms with E-state index in [1.54, 1.807) is 27.8 Å². The molecule has 13 heteroatoms. The summed E-state index contributed by atoms with van der Waals surface area (Å²) in [5.41, 5.74) is 11.7. The first-order chi connectivity index (χ1) is 18.6. The minimum Gasteiger partial charge on any atom is -0.444 e. The second kappa shape index (κ2) is 29.4. The maximum atomic E-state index is 11.8. The van der Waals surface area contributed by atoms with Crippen LogP contribution in [-0.2, 0) is 23.9 Å². The Kier molecular flexibility index (Phi) is 29.9. The van der Waals surface area contributed by atoms with Gasteiger partial charge in [-0.1, -0.05) is 84.0 Å². The van der Waals surface area contributed by atoms with E-state index in [9.17, 15) is 14.4 Å². The van der Waals surface area contributed by atoms with Crippen LogP contribution in [0.3, 0.4) is 0 Å². The van der Waals surface area contributed by atoms with Crippen LogP contribution >= 0.6 is 8.81 Å². The maximum Gasteiger partial charge on any atom is 0.405 e. The highest BCUT2D eigenvalue weighted by Crippen LogP contribution is 2.13. The molecule has 0 saturated carbocycles. The predicted octanol–water partition coefficient (Wildman–Crippen LogP) is 4.27. The first-order valence-corrected chi connectivity index (χ1v) is 15.4.